The van der Waals surface area contributed by atoms with Crippen molar-refractivity contribution in [3.8, 4) is 5.75 Å². The monoisotopic (exact) mass is 266 g/mol. The van der Waals surface area contributed by atoms with Crippen LogP contribution < -0.4 is 10.5 Å². The van der Waals surface area contributed by atoms with Gasteiger partial charge in [0.25, 0.3) is 0 Å². The number of ether oxygens (including phenoxy) is 1. The molecule has 3 nitrogen and oxygen atoms in total. The summed E-state index contributed by atoms with van der Waals surface area (Å²) in [4.78, 5) is 2.76. The van der Waals surface area contributed by atoms with Crippen molar-refractivity contribution in [3.63, 3.8) is 0 Å². The summed E-state index contributed by atoms with van der Waals surface area (Å²) in [6.07, 6.45) is 1.01. The molecule has 0 saturated heterocycles. The van der Waals surface area contributed by atoms with E-state index in [1.54, 1.807) is 0 Å². The first kappa shape index (κ1) is 14.9. The van der Waals surface area contributed by atoms with Crippen LogP contribution in [0.25, 0.3) is 0 Å². The van der Waals surface area contributed by atoms with Gasteiger partial charge in [-0.3, -0.25) is 0 Å². The second-order valence-corrected chi connectivity index (χ2v) is 4.53. The van der Waals surface area contributed by atoms with Crippen LogP contribution in [0.3, 0.4) is 0 Å². The molecular formula is C14H22N2OS. The maximum Gasteiger partial charge on any atom is 0.129 e. The lowest BCUT2D eigenvalue weighted by Gasteiger charge is -2.18. The summed E-state index contributed by atoms with van der Waals surface area (Å²) in [6, 6.07) is 7.65. The van der Waals surface area contributed by atoms with Gasteiger partial charge in [-0.25, -0.2) is 0 Å². The minimum atomic E-state index is 0.384. The Morgan fingerprint density at radius 2 is 1.94 bits per heavy atom. The van der Waals surface area contributed by atoms with Crippen molar-refractivity contribution in [2.75, 3.05) is 26.2 Å². The molecule has 0 aromatic heterocycles. The lowest BCUT2D eigenvalue weighted by Crippen LogP contribution is -2.25. The number of para-hydroxylation sites is 1. The van der Waals surface area contributed by atoms with Gasteiger partial charge < -0.3 is 15.4 Å². The molecule has 2 N–H and O–H groups in total. The van der Waals surface area contributed by atoms with Gasteiger partial charge in [0, 0.05) is 6.54 Å². The molecule has 4 heteroatoms. The average Bonchev–Trinajstić information content (AvgIpc) is 2.39. The van der Waals surface area contributed by atoms with Gasteiger partial charge in [0.1, 0.15) is 10.7 Å². The Labute approximate surface area is 115 Å². The van der Waals surface area contributed by atoms with E-state index in [2.05, 4.69) is 18.7 Å². The first-order valence-electron chi connectivity index (χ1n) is 6.43. The Bertz CT molecular complexity index is 378. The molecule has 0 heterocycles. The average molecular weight is 266 g/mol. The van der Waals surface area contributed by atoms with E-state index in [0.29, 0.717) is 11.6 Å². The van der Waals surface area contributed by atoms with Crippen molar-refractivity contribution >= 4 is 17.2 Å². The Hall–Kier alpha value is -1.13. The van der Waals surface area contributed by atoms with Crippen LogP contribution >= 0.6 is 12.2 Å². The van der Waals surface area contributed by atoms with Crippen LogP contribution in [0, 0.1) is 0 Å². The highest BCUT2D eigenvalue weighted by molar-refractivity contribution is 7.80. The molecule has 0 unspecified atom stereocenters. The van der Waals surface area contributed by atoms with Crippen molar-refractivity contribution < 1.29 is 4.74 Å². The second kappa shape index (κ2) is 8.06. The Morgan fingerprint density at radius 3 is 2.56 bits per heavy atom. The molecule has 0 amide bonds. The third-order valence-electron chi connectivity index (χ3n) is 2.92. The molecule has 0 atom stereocenters. The molecule has 0 aliphatic carbocycles. The standard InChI is InChI=1S/C14H22N2OS/c1-3-16(4-2)10-7-11-17-13-9-6-5-8-12(13)14(15)18/h5-6,8-9H,3-4,7,10-11H2,1-2H3,(H2,15,18). The topological polar surface area (TPSA) is 38.5 Å². The largest absolute Gasteiger partial charge is 0.493 e. The molecule has 0 bridgehead atoms. The molecule has 1 aromatic carbocycles. The smallest absolute Gasteiger partial charge is 0.129 e. The van der Waals surface area contributed by atoms with Crippen molar-refractivity contribution in [1.29, 1.82) is 0 Å². The fourth-order valence-corrected chi connectivity index (χ4v) is 1.97. The normalized spacial score (nSPS) is 10.6. The predicted octanol–water partition coefficient (Wildman–Crippen LogP) is 2.43. The minimum absolute atomic E-state index is 0.384. The third kappa shape index (κ3) is 4.63. The zero-order valence-electron chi connectivity index (χ0n) is 11.2. The summed E-state index contributed by atoms with van der Waals surface area (Å²) in [7, 11) is 0. The number of hydrogen-bond donors (Lipinski definition) is 1. The van der Waals surface area contributed by atoms with E-state index in [1.165, 1.54) is 0 Å². The Morgan fingerprint density at radius 1 is 1.28 bits per heavy atom. The van der Waals surface area contributed by atoms with Crippen LogP contribution in [-0.4, -0.2) is 36.1 Å². The van der Waals surface area contributed by atoms with Crippen LogP contribution in [0.15, 0.2) is 24.3 Å². The van der Waals surface area contributed by atoms with Gasteiger partial charge in [0.15, 0.2) is 0 Å². The first-order chi connectivity index (χ1) is 8.69. The van der Waals surface area contributed by atoms with Crippen LogP contribution in [0.4, 0.5) is 0 Å². The van der Waals surface area contributed by atoms with Crippen LogP contribution in [0.2, 0.25) is 0 Å². The quantitative estimate of drug-likeness (QED) is 0.579. The lowest BCUT2D eigenvalue weighted by atomic mass is 10.2. The highest BCUT2D eigenvalue weighted by atomic mass is 32.1. The molecule has 0 fully saturated rings. The lowest BCUT2D eigenvalue weighted by molar-refractivity contribution is 0.249. The number of nitrogens with zero attached hydrogens (tertiary/aromatic N) is 1. The van der Waals surface area contributed by atoms with Crippen molar-refractivity contribution in [3.05, 3.63) is 29.8 Å². The maximum absolute atomic E-state index is 5.74. The van der Waals surface area contributed by atoms with E-state index < -0.39 is 0 Å². The molecule has 0 aliphatic heterocycles. The van der Waals surface area contributed by atoms with Crippen LogP contribution in [0.1, 0.15) is 25.8 Å². The molecule has 18 heavy (non-hydrogen) atoms. The number of thiocarbonyl (C=S) groups is 1. The van der Waals surface area contributed by atoms with Gasteiger partial charge in [-0.1, -0.05) is 38.2 Å². The second-order valence-electron chi connectivity index (χ2n) is 4.09. The highest BCUT2D eigenvalue weighted by Crippen LogP contribution is 2.17. The van der Waals surface area contributed by atoms with Crippen LogP contribution in [-0.2, 0) is 0 Å². The molecule has 0 aliphatic rings. The van der Waals surface area contributed by atoms with Gasteiger partial charge in [-0.15, -0.1) is 0 Å². The fraction of sp³-hybridized carbons (Fsp3) is 0.500. The summed E-state index contributed by atoms with van der Waals surface area (Å²) in [5.74, 6) is 0.782. The maximum atomic E-state index is 5.74. The Kier molecular flexibility index (Phi) is 6.68. The zero-order valence-corrected chi connectivity index (χ0v) is 12.0. The molecule has 1 rings (SSSR count). The van der Waals surface area contributed by atoms with E-state index in [0.717, 1.165) is 37.4 Å². The summed E-state index contributed by atoms with van der Waals surface area (Å²) in [5.41, 5.74) is 6.47. The fourth-order valence-electron chi connectivity index (χ4n) is 1.81. The van der Waals surface area contributed by atoms with Gasteiger partial charge in [0.05, 0.1) is 12.2 Å². The number of hydrogen-bond acceptors (Lipinski definition) is 3. The van der Waals surface area contributed by atoms with Crippen molar-refractivity contribution in [2.45, 2.75) is 20.3 Å². The van der Waals surface area contributed by atoms with Crippen LogP contribution in [0.5, 0.6) is 5.75 Å². The van der Waals surface area contributed by atoms with Gasteiger partial charge in [-0.05, 0) is 31.6 Å². The zero-order chi connectivity index (χ0) is 13.4. The molecular weight excluding hydrogens is 244 g/mol. The SMILES string of the molecule is CCN(CC)CCCOc1ccccc1C(N)=S. The summed E-state index contributed by atoms with van der Waals surface area (Å²) in [6.45, 7) is 8.26. The van der Waals surface area contributed by atoms with E-state index in [4.69, 9.17) is 22.7 Å². The number of nitrogens with two attached hydrogens (primary N) is 1. The van der Waals surface area contributed by atoms with Crippen molar-refractivity contribution in [2.24, 2.45) is 5.73 Å². The first-order valence-corrected chi connectivity index (χ1v) is 6.83. The summed E-state index contributed by atoms with van der Waals surface area (Å²) in [5, 5.41) is 0. The third-order valence-corrected chi connectivity index (χ3v) is 3.14. The van der Waals surface area contributed by atoms with Crippen molar-refractivity contribution in [1.82, 2.24) is 4.90 Å². The van der Waals surface area contributed by atoms with E-state index in [1.807, 2.05) is 24.3 Å². The molecule has 100 valence electrons. The van der Waals surface area contributed by atoms with Gasteiger partial charge in [0.2, 0.25) is 0 Å². The minimum Gasteiger partial charge on any atom is -0.493 e. The summed E-state index contributed by atoms with van der Waals surface area (Å²) < 4.78 is 5.74. The van der Waals surface area contributed by atoms with E-state index in [-0.39, 0.29) is 0 Å². The molecule has 0 spiro atoms. The number of benzene rings is 1. The molecule has 1 aromatic rings. The van der Waals surface area contributed by atoms with E-state index >= 15 is 0 Å². The summed E-state index contributed by atoms with van der Waals surface area (Å²) >= 11 is 5.00. The number of rotatable bonds is 8. The molecule has 0 radical (unpaired) electrons. The molecule has 0 saturated carbocycles. The Balaban J connectivity index is 2.42. The van der Waals surface area contributed by atoms with Gasteiger partial charge in [-0.2, -0.15) is 0 Å². The van der Waals surface area contributed by atoms with Gasteiger partial charge >= 0.3 is 0 Å². The highest BCUT2D eigenvalue weighted by Gasteiger charge is 2.05. The van der Waals surface area contributed by atoms with E-state index in [9.17, 15) is 0 Å². The predicted molar refractivity (Wildman–Crippen MR) is 80.2 cm³/mol.